The Bertz CT molecular complexity index is 1340. The molecule has 0 radical (unpaired) electrons. The van der Waals surface area contributed by atoms with Crippen LogP contribution in [-0.4, -0.2) is 14.7 Å². The number of aromatic nitrogens is 2. The van der Waals surface area contributed by atoms with Gasteiger partial charge in [-0.1, -0.05) is 50.2 Å². The van der Waals surface area contributed by atoms with Gasteiger partial charge in [0.05, 0.1) is 17.8 Å². The highest BCUT2D eigenvalue weighted by atomic mass is 32.1. The fourth-order valence-corrected chi connectivity index (χ4v) is 5.70. The summed E-state index contributed by atoms with van der Waals surface area (Å²) in [6.07, 6.45) is 1.86. The molecular formula is C30H32N4S. The minimum Gasteiger partial charge on any atom is -0.351 e. The number of rotatable bonds is 5. The van der Waals surface area contributed by atoms with E-state index < -0.39 is 0 Å². The van der Waals surface area contributed by atoms with Crippen LogP contribution in [0, 0.1) is 20.8 Å². The largest absolute Gasteiger partial charge is 0.351 e. The summed E-state index contributed by atoms with van der Waals surface area (Å²) in [6.45, 7) is 11.1. The molecule has 35 heavy (non-hydrogen) atoms. The van der Waals surface area contributed by atoms with Gasteiger partial charge in [0.25, 0.3) is 0 Å². The number of hydrogen-bond acceptors (Lipinski definition) is 2. The van der Waals surface area contributed by atoms with Gasteiger partial charge in [-0.3, -0.25) is 4.98 Å². The summed E-state index contributed by atoms with van der Waals surface area (Å²) in [5, 5.41) is 4.34. The molecule has 2 aromatic carbocycles. The van der Waals surface area contributed by atoms with E-state index in [2.05, 4.69) is 110 Å². The molecule has 5 rings (SSSR count). The van der Waals surface area contributed by atoms with Gasteiger partial charge in [0.1, 0.15) is 0 Å². The van der Waals surface area contributed by atoms with Gasteiger partial charge in [0, 0.05) is 34.5 Å². The molecule has 2 aromatic heterocycles. The number of nitrogens with zero attached hydrogens (tertiary/aromatic N) is 3. The van der Waals surface area contributed by atoms with Crippen LogP contribution in [0.5, 0.6) is 0 Å². The van der Waals surface area contributed by atoms with Crippen LogP contribution >= 0.6 is 12.2 Å². The minimum atomic E-state index is -0.0584. The number of benzene rings is 2. The molecule has 0 bridgehead atoms. The number of pyridine rings is 1. The van der Waals surface area contributed by atoms with E-state index in [0.717, 1.165) is 16.5 Å². The van der Waals surface area contributed by atoms with Gasteiger partial charge in [-0.05, 0) is 86.4 Å². The Hall–Kier alpha value is -3.44. The molecule has 1 aliphatic heterocycles. The minimum absolute atomic E-state index is 0.0223. The Morgan fingerprint density at radius 2 is 1.51 bits per heavy atom. The number of thiocarbonyl (C=S) groups is 1. The lowest BCUT2D eigenvalue weighted by Crippen LogP contribution is -2.29. The first-order chi connectivity index (χ1) is 16.9. The molecule has 0 unspecified atom stereocenters. The van der Waals surface area contributed by atoms with Crippen LogP contribution in [0.3, 0.4) is 0 Å². The Morgan fingerprint density at radius 3 is 2.14 bits per heavy atom. The molecule has 178 valence electrons. The van der Waals surface area contributed by atoms with Crippen molar-refractivity contribution >= 4 is 23.0 Å². The molecule has 4 nitrogen and oxygen atoms in total. The molecule has 2 atom stereocenters. The van der Waals surface area contributed by atoms with E-state index >= 15 is 0 Å². The topological polar surface area (TPSA) is 33.1 Å². The first-order valence-electron chi connectivity index (χ1n) is 12.2. The van der Waals surface area contributed by atoms with E-state index in [0.29, 0.717) is 5.92 Å². The van der Waals surface area contributed by atoms with Crippen LogP contribution in [0.1, 0.15) is 65.6 Å². The zero-order valence-electron chi connectivity index (χ0n) is 21.0. The summed E-state index contributed by atoms with van der Waals surface area (Å²) >= 11 is 5.96. The van der Waals surface area contributed by atoms with E-state index in [9.17, 15) is 0 Å². The van der Waals surface area contributed by atoms with E-state index in [4.69, 9.17) is 17.2 Å². The van der Waals surface area contributed by atoms with Gasteiger partial charge in [-0.2, -0.15) is 0 Å². The zero-order valence-corrected chi connectivity index (χ0v) is 21.8. The highest BCUT2D eigenvalue weighted by molar-refractivity contribution is 7.80. The third kappa shape index (κ3) is 4.04. The predicted octanol–water partition coefficient (Wildman–Crippen LogP) is 7.10. The summed E-state index contributed by atoms with van der Waals surface area (Å²) in [6, 6.07) is 25.4. The highest BCUT2D eigenvalue weighted by Gasteiger charge is 2.43. The summed E-state index contributed by atoms with van der Waals surface area (Å²) in [5.74, 6) is 0.483. The maximum atomic E-state index is 5.96. The Balaban J connectivity index is 1.70. The zero-order chi connectivity index (χ0) is 24.7. The molecule has 0 saturated carbocycles. The fourth-order valence-electron chi connectivity index (χ4n) is 5.35. The van der Waals surface area contributed by atoms with Crippen molar-refractivity contribution in [1.29, 1.82) is 0 Å². The monoisotopic (exact) mass is 480 g/mol. The quantitative estimate of drug-likeness (QED) is 0.309. The first kappa shape index (κ1) is 23.3. The lowest BCUT2D eigenvalue weighted by atomic mass is 9.93. The van der Waals surface area contributed by atoms with Gasteiger partial charge in [0.15, 0.2) is 5.11 Å². The molecule has 4 aromatic rings. The Labute approximate surface area is 213 Å². The standard InChI is InChI=1S/C30H32N4S/c1-19(2)23-14-16-25(17-15-23)34-29(28(32-30(34)35)26-13-9-10-18-31-26)27-20(3)21(4)33(22(27)5)24-11-7-6-8-12-24/h6-19,28-29H,1-5H3,(H,32,35)/t28-,29+/m1/s1. The molecule has 1 saturated heterocycles. The van der Waals surface area contributed by atoms with E-state index in [1.54, 1.807) is 0 Å². The number of nitrogens with one attached hydrogen (secondary N) is 1. The predicted molar refractivity (Wildman–Crippen MR) is 148 cm³/mol. The second-order valence-electron chi connectivity index (χ2n) is 9.62. The van der Waals surface area contributed by atoms with Crippen molar-refractivity contribution in [2.75, 3.05) is 4.90 Å². The maximum Gasteiger partial charge on any atom is 0.174 e. The van der Waals surface area contributed by atoms with E-state index in [-0.39, 0.29) is 12.1 Å². The van der Waals surface area contributed by atoms with Crippen LogP contribution < -0.4 is 10.2 Å². The normalized spacial score (nSPS) is 17.8. The summed E-state index contributed by atoms with van der Waals surface area (Å²) < 4.78 is 2.36. The van der Waals surface area contributed by atoms with Crippen LogP contribution in [-0.2, 0) is 0 Å². The number of anilines is 1. The first-order valence-corrected chi connectivity index (χ1v) is 12.6. The second kappa shape index (κ2) is 9.31. The second-order valence-corrected chi connectivity index (χ2v) is 10.0. The summed E-state index contributed by atoms with van der Waals surface area (Å²) in [4.78, 5) is 7.01. The molecule has 0 aliphatic carbocycles. The van der Waals surface area contributed by atoms with Crippen molar-refractivity contribution in [2.24, 2.45) is 0 Å². The van der Waals surface area contributed by atoms with Gasteiger partial charge in [-0.25, -0.2) is 0 Å². The number of hydrogen-bond donors (Lipinski definition) is 1. The third-order valence-corrected chi connectivity index (χ3v) is 7.57. The highest BCUT2D eigenvalue weighted by Crippen LogP contribution is 2.45. The number of para-hydroxylation sites is 1. The summed E-state index contributed by atoms with van der Waals surface area (Å²) in [7, 11) is 0. The van der Waals surface area contributed by atoms with Crippen molar-refractivity contribution in [1.82, 2.24) is 14.9 Å². The van der Waals surface area contributed by atoms with Crippen LogP contribution in [0.25, 0.3) is 5.69 Å². The third-order valence-electron chi connectivity index (χ3n) is 7.25. The molecule has 1 N–H and O–H groups in total. The Kier molecular flexibility index (Phi) is 6.20. The van der Waals surface area contributed by atoms with Crippen molar-refractivity contribution < 1.29 is 0 Å². The molecule has 0 amide bonds. The van der Waals surface area contributed by atoms with E-state index in [1.165, 1.54) is 33.8 Å². The molecule has 1 aliphatic rings. The van der Waals surface area contributed by atoms with Gasteiger partial charge in [0.2, 0.25) is 0 Å². The molecule has 5 heteroatoms. The lowest BCUT2D eigenvalue weighted by molar-refractivity contribution is 0.563. The van der Waals surface area contributed by atoms with Crippen LogP contribution in [0.15, 0.2) is 79.0 Å². The lowest BCUT2D eigenvalue weighted by Gasteiger charge is -2.29. The smallest absolute Gasteiger partial charge is 0.174 e. The van der Waals surface area contributed by atoms with Crippen LogP contribution in [0.4, 0.5) is 5.69 Å². The fraction of sp³-hybridized carbons (Fsp3) is 0.267. The summed E-state index contributed by atoms with van der Waals surface area (Å²) in [5.41, 5.74) is 9.64. The SMILES string of the molecule is Cc1c([C@H]2[C@@H](c3ccccn3)NC(=S)N2c2ccc(C(C)C)cc2)c(C)n(-c2ccccc2)c1C. The van der Waals surface area contributed by atoms with Crippen molar-refractivity contribution in [3.8, 4) is 5.69 Å². The maximum absolute atomic E-state index is 5.96. The average Bonchev–Trinajstić information content (AvgIpc) is 3.32. The van der Waals surface area contributed by atoms with Crippen molar-refractivity contribution in [2.45, 2.75) is 52.6 Å². The van der Waals surface area contributed by atoms with Crippen molar-refractivity contribution in [3.63, 3.8) is 0 Å². The van der Waals surface area contributed by atoms with Crippen LogP contribution in [0.2, 0.25) is 0 Å². The average molecular weight is 481 g/mol. The van der Waals surface area contributed by atoms with Crippen molar-refractivity contribution in [3.05, 3.63) is 113 Å². The van der Waals surface area contributed by atoms with Gasteiger partial charge in [-0.15, -0.1) is 0 Å². The molecular weight excluding hydrogens is 448 g/mol. The van der Waals surface area contributed by atoms with Gasteiger partial charge >= 0.3 is 0 Å². The molecule has 3 heterocycles. The Morgan fingerprint density at radius 1 is 0.829 bits per heavy atom. The molecule has 1 fully saturated rings. The molecule has 0 spiro atoms. The van der Waals surface area contributed by atoms with E-state index in [1.807, 2.05) is 18.3 Å². The van der Waals surface area contributed by atoms with Gasteiger partial charge < -0.3 is 14.8 Å².